The van der Waals surface area contributed by atoms with E-state index in [1.165, 1.54) is 7.11 Å². The van der Waals surface area contributed by atoms with E-state index in [9.17, 15) is 9.59 Å². The Bertz CT molecular complexity index is 576. The molecule has 1 aromatic rings. The molecule has 1 aliphatic rings. The highest BCUT2D eigenvalue weighted by atomic mass is 16.5. The molecule has 0 unspecified atom stereocenters. The van der Waals surface area contributed by atoms with Crippen molar-refractivity contribution in [2.75, 3.05) is 26.9 Å². The summed E-state index contributed by atoms with van der Waals surface area (Å²) >= 11 is 0. The molecule has 0 bridgehead atoms. The highest BCUT2D eigenvalue weighted by Crippen LogP contribution is 2.32. The van der Waals surface area contributed by atoms with E-state index in [1.807, 2.05) is 30.3 Å². The Morgan fingerprint density at radius 1 is 1.19 bits per heavy atom. The Balaban J connectivity index is 1.95. The van der Waals surface area contributed by atoms with Gasteiger partial charge in [0.2, 0.25) is 11.8 Å². The topological polar surface area (TPSA) is 76.7 Å². The highest BCUT2D eigenvalue weighted by molar-refractivity contribution is 5.82. The Hall–Kier alpha value is -2.08. The minimum Gasteiger partial charge on any atom is -0.493 e. The first-order valence-corrected chi connectivity index (χ1v) is 9.23. The Labute approximate surface area is 155 Å². The van der Waals surface area contributed by atoms with Crippen LogP contribution in [0.3, 0.4) is 0 Å². The monoisotopic (exact) mass is 362 g/mol. The second-order valence-corrected chi connectivity index (χ2v) is 7.31. The van der Waals surface area contributed by atoms with E-state index in [0.29, 0.717) is 25.5 Å². The first-order valence-electron chi connectivity index (χ1n) is 9.23. The molecule has 0 aliphatic heterocycles. The average Bonchev–Trinajstić information content (AvgIpc) is 3.01. The van der Waals surface area contributed by atoms with Crippen molar-refractivity contribution in [1.82, 2.24) is 10.6 Å². The minimum absolute atomic E-state index is 0.00200. The number of amides is 2. The van der Waals surface area contributed by atoms with Crippen LogP contribution in [-0.4, -0.2) is 44.7 Å². The molecular formula is C20H30N2O4. The van der Waals surface area contributed by atoms with Gasteiger partial charge in [-0.3, -0.25) is 9.59 Å². The van der Waals surface area contributed by atoms with Crippen LogP contribution in [0, 0.1) is 17.8 Å². The zero-order valence-corrected chi connectivity index (χ0v) is 15.9. The molecule has 6 heteroatoms. The van der Waals surface area contributed by atoms with Gasteiger partial charge in [-0.05, 0) is 36.8 Å². The van der Waals surface area contributed by atoms with Crippen LogP contribution in [-0.2, 0) is 14.3 Å². The fourth-order valence-corrected chi connectivity index (χ4v) is 3.27. The maximum Gasteiger partial charge on any atom is 0.246 e. The summed E-state index contributed by atoms with van der Waals surface area (Å²) in [6, 6.07) is 9.45. The van der Waals surface area contributed by atoms with Crippen molar-refractivity contribution in [3.63, 3.8) is 0 Å². The van der Waals surface area contributed by atoms with Crippen LogP contribution < -0.4 is 15.4 Å². The summed E-state index contributed by atoms with van der Waals surface area (Å²) in [5.74, 6) is 1.00. The third kappa shape index (κ3) is 6.33. The van der Waals surface area contributed by atoms with Crippen molar-refractivity contribution in [2.45, 2.75) is 32.7 Å². The number of carbonyl (C=O) groups is 2. The van der Waals surface area contributed by atoms with Gasteiger partial charge in [-0.2, -0.15) is 0 Å². The van der Waals surface area contributed by atoms with Crippen molar-refractivity contribution in [1.29, 1.82) is 0 Å². The van der Waals surface area contributed by atoms with Crippen molar-refractivity contribution in [3.05, 3.63) is 30.3 Å². The van der Waals surface area contributed by atoms with Crippen molar-refractivity contribution in [2.24, 2.45) is 17.8 Å². The summed E-state index contributed by atoms with van der Waals surface area (Å²) in [6.45, 7) is 5.29. The summed E-state index contributed by atoms with van der Waals surface area (Å²) in [6.07, 6.45) is 1.43. The van der Waals surface area contributed by atoms with Gasteiger partial charge in [-0.1, -0.05) is 32.0 Å². The van der Waals surface area contributed by atoms with Gasteiger partial charge in [-0.15, -0.1) is 0 Å². The molecule has 2 amide bonds. The Morgan fingerprint density at radius 2 is 1.92 bits per heavy atom. The molecule has 0 heterocycles. The van der Waals surface area contributed by atoms with E-state index < -0.39 is 0 Å². The van der Waals surface area contributed by atoms with E-state index in [2.05, 4.69) is 24.5 Å². The lowest BCUT2D eigenvalue weighted by Crippen LogP contribution is -2.45. The first kappa shape index (κ1) is 20.2. The zero-order chi connectivity index (χ0) is 18.9. The summed E-state index contributed by atoms with van der Waals surface area (Å²) in [5, 5.41) is 5.94. The average molecular weight is 362 g/mol. The summed E-state index contributed by atoms with van der Waals surface area (Å²) in [7, 11) is 1.48. The molecule has 0 spiro atoms. The van der Waals surface area contributed by atoms with Crippen molar-refractivity contribution < 1.29 is 19.1 Å². The molecule has 6 nitrogen and oxygen atoms in total. The molecule has 2 N–H and O–H groups in total. The number of hydrogen-bond donors (Lipinski definition) is 2. The lowest BCUT2D eigenvalue weighted by molar-refractivity contribution is -0.128. The number of benzene rings is 1. The Kier molecular flexibility index (Phi) is 7.91. The van der Waals surface area contributed by atoms with Gasteiger partial charge in [0.25, 0.3) is 0 Å². The number of carbonyl (C=O) groups excluding carboxylic acids is 2. The van der Waals surface area contributed by atoms with Gasteiger partial charge in [0, 0.05) is 19.7 Å². The van der Waals surface area contributed by atoms with Crippen LogP contribution >= 0.6 is 0 Å². The van der Waals surface area contributed by atoms with Crippen LogP contribution in [0.25, 0.3) is 0 Å². The number of methoxy groups -OCH3 is 1. The second kappa shape index (κ2) is 10.2. The predicted octanol–water partition coefficient (Wildman–Crippen LogP) is 1.99. The lowest BCUT2D eigenvalue weighted by Gasteiger charge is -2.20. The van der Waals surface area contributed by atoms with Crippen molar-refractivity contribution in [3.8, 4) is 5.75 Å². The number of rotatable bonds is 9. The van der Waals surface area contributed by atoms with E-state index in [0.717, 1.165) is 12.2 Å². The van der Waals surface area contributed by atoms with Gasteiger partial charge < -0.3 is 20.1 Å². The largest absolute Gasteiger partial charge is 0.493 e. The Morgan fingerprint density at radius 3 is 2.58 bits per heavy atom. The molecule has 1 aromatic carbocycles. The first-order chi connectivity index (χ1) is 12.5. The van der Waals surface area contributed by atoms with Crippen LogP contribution in [0.2, 0.25) is 0 Å². The second-order valence-electron chi connectivity index (χ2n) is 7.31. The zero-order valence-electron chi connectivity index (χ0n) is 15.9. The van der Waals surface area contributed by atoms with Crippen molar-refractivity contribution >= 4 is 11.8 Å². The van der Waals surface area contributed by atoms with E-state index >= 15 is 0 Å². The van der Waals surface area contributed by atoms with Crippen LogP contribution in [0.15, 0.2) is 30.3 Å². The molecule has 1 fully saturated rings. The highest BCUT2D eigenvalue weighted by Gasteiger charge is 2.39. The van der Waals surface area contributed by atoms with Crippen LogP contribution in [0.4, 0.5) is 0 Å². The van der Waals surface area contributed by atoms with Crippen LogP contribution in [0.1, 0.15) is 26.7 Å². The standard InChI is InChI=1S/C20H30N2O4/c1-14(2)11-21-20(24)17-9-15(10-18(17)22-19(23)13-25-3)12-26-16-7-5-4-6-8-16/h4-8,14-15,17-18H,9-13H2,1-3H3,(H,21,24)(H,22,23)/t15-,17-,18-/m1/s1. The third-order valence-electron chi connectivity index (χ3n) is 4.53. The summed E-state index contributed by atoms with van der Waals surface area (Å²) in [4.78, 5) is 24.5. The van der Waals surface area contributed by atoms with Gasteiger partial charge in [0.05, 0.1) is 12.5 Å². The molecule has 3 atom stereocenters. The quantitative estimate of drug-likeness (QED) is 0.704. The number of hydrogen-bond acceptors (Lipinski definition) is 4. The SMILES string of the molecule is COCC(=O)N[C@@H]1C[C@H](COc2ccccc2)C[C@H]1C(=O)NCC(C)C. The third-order valence-corrected chi connectivity index (χ3v) is 4.53. The normalized spacial score (nSPS) is 22.2. The fraction of sp³-hybridized carbons (Fsp3) is 0.600. The van der Waals surface area contributed by atoms with Gasteiger partial charge in [0.15, 0.2) is 0 Å². The van der Waals surface area contributed by atoms with Gasteiger partial charge in [-0.25, -0.2) is 0 Å². The maximum atomic E-state index is 12.6. The number of para-hydroxylation sites is 1. The smallest absolute Gasteiger partial charge is 0.246 e. The van der Waals surface area contributed by atoms with E-state index in [-0.39, 0.29) is 36.3 Å². The summed E-state index contributed by atoms with van der Waals surface area (Å²) < 4.78 is 10.7. The lowest BCUT2D eigenvalue weighted by atomic mass is 10.0. The molecule has 0 radical (unpaired) electrons. The fourth-order valence-electron chi connectivity index (χ4n) is 3.27. The molecule has 1 aliphatic carbocycles. The molecule has 0 saturated heterocycles. The minimum atomic E-state index is -0.237. The predicted molar refractivity (Wildman–Crippen MR) is 99.8 cm³/mol. The summed E-state index contributed by atoms with van der Waals surface area (Å²) in [5.41, 5.74) is 0. The molecule has 0 aromatic heterocycles. The number of ether oxygens (including phenoxy) is 2. The van der Waals surface area contributed by atoms with Gasteiger partial charge in [0.1, 0.15) is 12.4 Å². The molecule has 144 valence electrons. The molecule has 26 heavy (non-hydrogen) atoms. The van der Waals surface area contributed by atoms with Crippen LogP contribution in [0.5, 0.6) is 5.75 Å². The molecule has 1 saturated carbocycles. The molecular weight excluding hydrogens is 332 g/mol. The van der Waals surface area contributed by atoms with E-state index in [4.69, 9.17) is 9.47 Å². The number of nitrogens with one attached hydrogen (secondary N) is 2. The maximum absolute atomic E-state index is 12.6. The van der Waals surface area contributed by atoms with E-state index in [1.54, 1.807) is 0 Å². The molecule has 2 rings (SSSR count). The van der Waals surface area contributed by atoms with Gasteiger partial charge >= 0.3 is 0 Å².